The van der Waals surface area contributed by atoms with Crippen molar-refractivity contribution in [3.63, 3.8) is 0 Å². The molecular weight excluding hydrogens is 536 g/mol. The lowest BCUT2D eigenvalue weighted by Gasteiger charge is -2.15. The topological polar surface area (TPSA) is 94.1 Å². The maximum atomic E-state index is 15.0. The van der Waals surface area contributed by atoms with Gasteiger partial charge in [-0.15, -0.1) is 0 Å². The molecule has 0 saturated heterocycles. The van der Waals surface area contributed by atoms with Gasteiger partial charge in [0.15, 0.2) is 11.6 Å². The molecule has 5 aromatic rings. The van der Waals surface area contributed by atoms with Crippen molar-refractivity contribution in [2.24, 2.45) is 0 Å². The normalized spacial score (nSPS) is 11.9. The van der Waals surface area contributed by atoms with E-state index in [2.05, 4.69) is 19.7 Å². The summed E-state index contributed by atoms with van der Waals surface area (Å²) < 4.78 is 89.2. The summed E-state index contributed by atoms with van der Waals surface area (Å²) in [5, 5.41) is 0.0860. The van der Waals surface area contributed by atoms with E-state index in [1.165, 1.54) is 61.8 Å². The molecule has 3 aromatic carbocycles. The van der Waals surface area contributed by atoms with Crippen LogP contribution in [0.1, 0.15) is 11.3 Å². The number of ether oxygens (including phenoxy) is 1. The molecule has 0 bridgehead atoms. The zero-order valence-corrected chi connectivity index (χ0v) is 20.9. The molecule has 5 rings (SSSR count). The van der Waals surface area contributed by atoms with E-state index in [0.717, 1.165) is 18.2 Å². The summed E-state index contributed by atoms with van der Waals surface area (Å²) in [7, 11) is -4.19. The Hall–Kier alpha value is -4.58. The lowest BCUT2D eigenvalue weighted by molar-refractivity contribution is -0.136. The third kappa shape index (κ3) is 5.50. The molecule has 0 aliphatic carbocycles. The highest BCUT2D eigenvalue weighted by Crippen LogP contribution is 2.38. The fraction of sp³-hybridized carbons (Fsp3) is 0.0741. The smallest absolute Gasteiger partial charge is 0.418 e. The van der Waals surface area contributed by atoms with Crippen molar-refractivity contribution in [3.05, 3.63) is 102 Å². The Balaban J connectivity index is 1.42. The molecule has 1 N–H and O–H groups in total. The van der Waals surface area contributed by atoms with Gasteiger partial charge in [-0.25, -0.2) is 22.8 Å². The summed E-state index contributed by atoms with van der Waals surface area (Å²) in [5.41, 5.74) is -0.849. The van der Waals surface area contributed by atoms with Crippen molar-refractivity contribution in [3.8, 4) is 22.9 Å². The number of hydrogen-bond donors (Lipinski definition) is 1. The van der Waals surface area contributed by atoms with E-state index in [0.29, 0.717) is 11.4 Å². The molecule has 0 spiro atoms. The Labute approximate surface area is 220 Å². The van der Waals surface area contributed by atoms with Crippen LogP contribution >= 0.6 is 0 Å². The van der Waals surface area contributed by atoms with E-state index >= 15 is 0 Å². The number of alkyl halides is 3. The number of sulfonamides is 1. The number of para-hydroxylation sites is 1. The zero-order valence-electron chi connectivity index (χ0n) is 20.1. The summed E-state index contributed by atoms with van der Waals surface area (Å²) in [5.74, 6) is -0.646. The molecule has 2 aromatic heterocycles. The van der Waals surface area contributed by atoms with Gasteiger partial charge in [-0.05, 0) is 49.4 Å². The molecule has 0 aliphatic rings. The Kier molecular flexibility index (Phi) is 6.64. The second-order valence-corrected chi connectivity index (χ2v) is 10.1. The monoisotopic (exact) mass is 554 g/mol. The molecular formula is C27H18F4N4O3S. The summed E-state index contributed by atoms with van der Waals surface area (Å²) in [6.45, 7) is 1.51. The highest BCUT2D eigenvalue weighted by molar-refractivity contribution is 7.92. The molecule has 2 heterocycles. The van der Waals surface area contributed by atoms with E-state index in [4.69, 9.17) is 4.74 Å². The first-order chi connectivity index (χ1) is 18.5. The van der Waals surface area contributed by atoms with Crippen molar-refractivity contribution < 1.29 is 30.7 Å². The average Bonchev–Trinajstić information content (AvgIpc) is 2.90. The number of benzene rings is 3. The highest BCUT2D eigenvalue weighted by atomic mass is 32.2. The Bertz CT molecular complexity index is 1800. The maximum absolute atomic E-state index is 15.0. The van der Waals surface area contributed by atoms with Gasteiger partial charge in [0.2, 0.25) is 0 Å². The number of rotatable bonds is 6. The molecule has 0 unspecified atom stereocenters. The minimum Gasteiger partial charge on any atom is -0.456 e. The average molecular weight is 555 g/mol. The van der Waals surface area contributed by atoms with Crippen molar-refractivity contribution >= 4 is 26.6 Å². The van der Waals surface area contributed by atoms with Gasteiger partial charge in [0.05, 0.1) is 21.7 Å². The van der Waals surface area contributed by atoms with Crippen molar-refractivity contribution in [1.29, 1.82) is 0 Å². The molecule has 0 aliphatic heterocycles. The largest absolute Gasteiger partial charge is 0.456 e. The summed E-state index contributed by atoms with van der Waals surface area (Å²) in [4.78, 5) is 12.1. The number of nitrogens with zero attached hydrogens (tertiary/aromatic N) is 3. The quantitative estimate of drug-likeness (QED) is 0.233. The predicted octanol–water partition coefficient (Wildman–Crippen LogP) is 6.75. The van der Waals surface area contributed by atoms with Crippen molar-refractivity contribution in [2.45, 2.75) is 18.0 Å². The molecule has 0 fully saturated rings. The maximum Gasteiger partial charge on any atom is 0.418 e. The van der Waals surface area contributed by atoms with Crippen LogP contribution in [0.25, 0.3) is 22.3 Å². The second-order valence-electron chi connectivity index (χ2n) is 8.41. The van der Waals surface area contributed by atoms with Gasteiger partial charge in [0, 0.05) is 41.2 Å². The number of aryl methyl sites for hydroxylation is 1. The van der Waals surface area contributed by atoms with Gasteiger partial charge in [-0.2, -0.15) is 13.2 Å². The van der Waals surface area contributed by atoms with Gasteiger partial charge in [0.25, 0.3) is 10.0 Å². The number of hydrogen-bond acceptors (Lipinski definition) is 6. The molecule has 39 heavy (non-hydrogen) atoms. The van der Waals surface area contributed by atoms with Gasteiger partial charge >= 0.3 is 6.18 Å². The van der Waals surface area contributed by atoms with Crippen LogP contribution in [0.3, 0.4) is 0 Å². The summed E-state index contributed by atoms with van der Waals surface area (Å²) in [6.07, 6.45) is -1.59. The molecule has 0 atom stereocenters. The number of aromatic nitrogens is 3. The van der Waals surface area contributed by atoms with Gasteiger partial charge in [-0.1, -0.05) is 18.2 Å². The fourth-order valence-corrected chi connectivity index (χ4v) is 4.99. The van der Waals surface area contributed by atoms with Crippen LogP contribution in [-0.4, -0.2) is 23.4 Å². The third-order valence-corrected chi connectivity index (χ3v) is 6.98. The first-order valence-electron chi connectivity index (χ1n) is 11.4. The first kappa shape index (κ1) is 26.0. The minimum atomic E-state index is -4.63. The molecule has 7 nitrogen and oxygen atoms in total. The van der Waals surface area contributed by atoms with Crippen molar-refractivity contribution in [2.75, 3.05) is 4.72 Å². The molecule has 198 valence electrons. The van der Waals surface area contributed by atoms with Crippen LogP contribution in [0, 0.1) is 12.7 Å². The molecule has 0 radical (unpaired) electrons. The van der Waals surface area contributed by atoms with Crippen LogP contribution < -0.4 is 9.46 Å². The summed E-state index contributed by atoms with van der Waals surface area (Å²) >= 11 is 0. The second kappa shape index (κ2) is 9.95. The zero-order chi connectivity index (χ0) is 27.8. The van der Waals surface area contributed by atoms with Crippen LogP contribution in [0.4, 0.5) is 23.2 Å². The van der Waals surface area contributed by atoms with Gasteiger partial charge in [-0.3, -0.25) is 9.71 Å². The lowest BCUT2D eigenvalue weighted by atomic mass is 10.1. The Morgan fingerprint density at radius 1 is 0.897 bits per heavy atom. The Morgan fingerprint density at radius 3 is 2.36 bits per heavy atom. The molecule has 0 amide bonds. The van der Waals surface area contributed by atoms with E-state index in [1.807, 2.05) is 0 Å². The molecule has 12 heteroatoms. The van der Waals surface area contributed by atoms with E-state index in [9.17, 15) is 26.0 Å². The number of halogens is 4. The SMILES string of the molecule is Cc1cc(Oc2ccc(NS(=O)(=O)c3cccc(-c4ncccn4)c3)c(F)c2)c2cccc(C(F)(F)F)c2n1. The van der Waals surface area contributed by atoms with Gasteiger partial charge in [0.1, 0.15) is 11.5 Å². The lowest BCUT2D eigenvalue weighted by Crippen LogP contribution is -2.14. The van der Waals surface area contributed by atoms with E-state index < -0.39 is 27.6 Å². The summed E-state index contributed by atoms with van der Waals surface area (Å²) in [6, 6.07) is 15.9. The first-order valence-corrected chi connectivity index (χ1v) is 12.8. The number of fused-ring (bicyclic) bond motifs is 1. The highest BCUT2D eigenvalue weighted by Gasteiger charge is 2.33. The van der Waals surface area contributed by atoms with E-state index in [-0.39, 0.29) is 38.7 Å². The van der Waals surface area contributed by atoms with Crippen LogP contribution in [0.2, 0.25) is 0 Å². The molecule has 0 saturated carbocycles. The van der Waals surface area contributed by atoms with Crippen LogP contribution in [0.15, 0.2) is 90.1 Å². The number of pyridine rings is 1. The van der Waals surface area contributed by atoms with E-state index in [1.54, 1.807) is 12.1 Å². The number of anilines is 1. The van der Waals surface area contributed by atoms with Gasteiger partial charge < -0.3 is 4.74 Å². The minimum absolute atomic E-state index is 0.0382. The van der Waals surface area contributed by atoms with Crippen LogP contribution in [0.5, 0.6) is 11.5 Å². The van der Waals surface area contributed by atoms with Crippen molar-refractivity contribution in [1.82, 2.24) is 15.0 Å². The van der Waals surface area contributed by atoms with Crippen LogP contribution in [-0.2, 0) is 16.2 Å². The standard InChI is InChI=1S/C27H18F4N4O3S/c1-16-13-24(20-7-3-8-21(25(20)34-16)27(29,30)31)38-18-9-10-23(22(28)15-18)35-39(36,37)19-6-2-5-17(14-19)26-32-11-4-12-33-26/h2-15,35H,1H3. The fourth-order valence-electron chi connectivity index (χ4n) is 3.88. The number of nitrogens with one attached hydrogen (secondary N) is 1. The predicted molar refractivity (Wildman–Crippen MR) is 136 cm³/mol. The Morgan fingerprint density at radius 2 is 1.64 bits per heavy atom. The third-order valence-electron chi connectivity index (χ3n) is 5.62.